The summed E-state index contributed by atoms with van der Waals surface area (Å²) in [6.07, 6.45) is -0.230. The summed E-state index contributed by atoms with van der Waals surface area (Å²) in [6, 6.07) is 3.80. The molecule has 0 unspecified atom stereocenters. The number of carbonyl (C=O) groups excluding carboxylic acids is 3. The van der Waals surface area contributed by atoms with Crippen molar-refractivity contribution >= 4 is 35.0 Å². The molecule has 0 saturated carbocycles. The molecule has 1 aromatic rings. The molecule has 1 heterocycles. The quantitative estimate of drug-likeness (QED) is 0.558. The standard InChI is InChI=1S/C20H25N3O4S/c1-11(2)9-14(22-19(26)27-20(3,4)5)15(24)10-16(28)12-7-6-8-13-17(12)23-18(25)21-13/h6-8,11,14H,9-10H2,1-5H3,(H,22,26)/t14-/m0/s1. The maximum Gasteiger partial charge on any atom is 0.408 e. The van der Waals surface area contributed by atoms with E-state index in [-0.39, 0.29) is 18.1 Å². The highest BCUT2D eigenvalue weighted by Crippen LogP contribution is 2.12. The number of ketones is 1. The van der Waals surface area contributed by atoms with E-state index in [4.69, 9.17) is 17.0 Å². The second-order valence-electron chi connectivity index (χ2n) is 8.07. The Morgan fingerprint density at radius 3 is 2.50 bits per heavy atom. The molecular formula is C20H25N3O4S. The molecule has 7 nitrogen and oxygen atoms in total. The number of nitrogens with zero attached hydrogens (tertiary/aromatic N) is 2. The maximum atomic E-state index is 12.8. The lowest BCUT2D eigenvalue weighted by molar-refractivity contribution is -0.120. The van der Waals surface area contributed by atoms with Crippen LogP contribution >= 0.6 is 12.2 Å². The number of Topliss-reactive ketones (excluding diaryl/α,β-unsaturated/α-hetero) is 1. The maximum absolute atomic E-state index is 12.8. The SMILES string of the molecule is CC(C)C[C@H](NC(=O)OC(C)(C)C)C(=O)CC(=S)c1cccc2c1=NC(=O)N=2. The monoisotopic (exact) mass is 403 g/mol. The molecule has 0 fully saturated rings. The summed E-state index contributed by atoms with van der Waals surface area (Å²) in [5, 5.41) is 3.50. The zero-order chi connectivity index (χ0) is 21.1. The first-order valence-electron chi connectivity index (χ1n) is 9.12. The summed E-state index contributed by atoms with van der Waals surface area (Å²) in [7, 11) is 0. The molecule has 0 saturated heterocycles. The molecule has 1 aromatic carbocycles. The summed E-state index contributed by atoms with van der Waals surface area (Å²) in [5.74, 6) is -0.0340. The lowest BCUT2D eigenvalue weighted by atomic mass is 9.96. The highest BCUT2D eigenvalue weighted by molar-refractivity contribution is 7.80. The predicted octanol–water partition coefficient (Wildman–Crippen LogP) is 2.68. The normalized spacial score (nSPS) is 14.0. The lowest BCUT2D eigenvalue weighted by Gasteiger charge is -2.24. The van der Waals surface area contributed by atoms with Gasteiger partial charge in [0.05, 0.1) is 11.4 Å². The molecular weight excluding hydrogens is 378 g/mol. The van der Waals surface area contributed by atoms with E-state index in [0.29, 0.717) is 27.6 Å². The number of hydrogen-bond acceptors (Lipinski definition) is 5. The molecule has 1 atom stereocenters. The Bertz CT molecular complexity index is 932. The third-order valence-electron chi connectivity index (χ3n) is 3.86. The van der Waals surface area contributed by atoms with Gasteiger partial charge in [0.15, 0.2) is 5.78 Å². The Morgan fingerprint density at radius 1 is 1.21 bits per heavy atom. The van der Waals surface area contributed by atoms with Gasteiger partial charge < -0.3 is 10.1 Å². The Morgan fingerprint density at radius 2 is 1.89 bits per heavy atom. The van der Waals surface area contributed by atoms with Crippen molar-refractivity contribution in [2.24, 2.45) is 15.9 Å². The molecule has 0 radical (unpaired) electrons. The van der Waals surface area contributed by atoms with Crippen molar-refractivity contribution in [1.82, 2.24) is 5.32 Å². The molecule has 1 N–H and O–H groups in total. The number of alkyl carbamates (subject to hydrolysis) is 1. The van der Waals surface area contributed by atoms with Crippen LogP contribution in [-0.4, -0.2) is 34.4 Å². The van der Waals surface area contributed by atoms with Crippen LogP contribution in [0.1, 0.15) is 53.0 Å². The molecule has 1 aliphatic rings. The van der Waals surface area contributed by atoms with E-state index >= 15 is 0 Å². The number of thiocarbonyl (C=S) groups is 1. The third kappa shape index (κ3) is 6.02. The number of nitrogens with one attached hydrogen (secondary N) is 1. The second kappa shape index (κ2) is 8.68. The minimum atomic E-state index is -0.715. The second-order valence-corrected chi connectivity index (χ2v) is 8.57. The fourth-order valence-electron chi connectivity index (χ4n) is 2.76. The number of amides is 3. The summed E-state index contributed by atoms with van der Waals surface area (Å²) in [5.41, 5.74) is -0.122. The highest BCUT2D eigenvalue weighted by atomic mass is 32.1. The molecule has 2 rings (SSSR count). The van der Waals surface area contributed by atoms with Crippen LogP contribution in [0.5, 0.6) is 0 Å². The van der Waals surface area contributed by atoms with Gasteiger partial charge in [-0.3, -0.25) is 4.79 Å². The third-order valence-corrected chi connectivity index (χ3v) is 4.22. The average Bonchev–Trinajstić information content (AvgIpc) is 2.91. The van der Waals surface area contributed by atoms with Crippen LogP contribution in [0.15, 0.2) is 28.2 Å². The largest absolute Gasteiger partial charge is 0.444 e. The zero-order valence-electron chi connectivity index (χ0n) is 16.7. The van der Waals surface area contributed by atoms with Crippen LogP contribution in [0.3, 0.4) is 0 Å². The first kappa shape index (κ1) is 21.8. The van der Waals surface area contributed by atoms with Crippen LogP contribution < -0.4 is 16.0 Å². The molecule has 1 aliphatic heterocycles. The molecule has 8 heteroatoms. The van der Waals surface area contributed by atoms with Gasteiger partial charge in [0.1, 0.15) is 11.0 Å². The topological polar surface area (TPSA) is 97.2 Å². The number of ether oxygens (including phenoxy) is 1. The zero-order valence-corrected chi connectivity index (χ0v) is 17.6. The van der Waals surface area contributed by atoms with Crippen LogP contribution in [0, 0.1) is 5.92 Å². The highest BCUT2D eigenvalue weighted by Gasteiger charge is 2.26. The van der Waals surface area contributed by atoms with E-state index in [0.717, 1.165) is 0 Å². The number of carbonyl (C=O) groups is 3. The fourth-order valence-corrected chi connectivity index (χ4v) is 3.06. The minimum absolute atomic E-state index is 0.0529. The van der Waals surface area contributed by atoms with E-state index in [1.165, 1.54) is 0 Å². The van der Waals surface area contributed by atoms with Crippen molar-refractivity contribution in [3.8, 4) is 0 Å². The Hall–Kier alpha value is -2.48. The summed E-state index contributed by atoms with van der Waals surface area (Å²) in [6.45, 7) is 9.20. The van der Waals surface area contributed by atoms with Gasteiger partial charge >= 0.3 is 12.1 Å². The predicted molar refractivity (Wildman–Crippen MR) is 108 cm³/mol. The number of urea groups is 1. The molecule has 0 aromatic heterocycles. The molecule has 0 spiro atoms. The van der Waals surface area contributed by atoms with Gasteiger partial charge in [0.2, 0.25) is 0 Å². The summed E-state index contributed by atoms with van der Waals surface area (Å²) < 4.78 is 5.26. The first-order chi connectivity index (χ1) is 13.0. The van der Waals surface area contributed by atoms with E-state index in [2.05, 4.69) is 15.3 Å². The van der Waals surface area contributed by atoms with Crippen molar-refractivity contribution in [3.63, 3.8) is 0 Å². The van der Waals surface area contributed by atoms with Crippen molar-refractivity contribution < 1.29 is 19.1 Å². The van der Waals surface area contributed by atoms with Crippen LogP contribution in [0.25, 0.3) is 0 Å². The van der Waals surface area contributed by atoms with Crippen LogP contribution in [-0.2, 0) is 9.53 Å². The number of benzene rings is 1. The van der Waals surface area contributed by atoms with Crippen molar-refractivity contribution in [3.05, 3.63) is 34.5 Å². The van der Waals surface area contributed by atoms with Crippen molar-refractivity contribution in [2.45, 2.75) is 59.1 Å². The molecule has 150 valence electrons. The Labute approximate surface area is 169 Å². The summed E-state index contributed by atoms with van der Waals surface area (Å²) >= 11 is 5.43. The van der Waals surface area contributed by atoms with Crippen LogP contribution in [0.2, 0.25) is 0 Å². The number of hydrogen-bond donors (Lipinski definition) is 1. The van der Waals surface area contributed by atoms with Gasteiger partial charge in [-0.15, -0.1) is 0 Å². The molecule has 0 aliphatic carbocycles. The van der Waals surface area contributed by atoms with E-state index in [1.54, 1.807) is 39.0 Å². The van der Waals surface area contributed by atoms with Crippen molar-refractivity contribution in [2.75, 3.05) is 0 Å². The van der Waals surface area contributed by atoms with Gasteiger partial charge in [-0.05, 0) is 39.2 Å². The molecule has 0 bridgehead atoms. The summed E-state index contributed by atoms with van der Waals surface area (Å²) in [4.78, 5) is 44.4. The smallest absolute Gasteiger partial charge is 0.408 e. The van der Waals surface area contributed by atoms with E-state index in [9.17, 15) is 14.4 Å². The van der Waals surface area contributed by atoms with Gasteiger partial charge in [-0.1, -0.05) is 38.2 Å². The first-order valence-corrected chi connectivity index (χ1v) is 9.53. The Kier molecular flexibility index (Phi) is 6.77. The fraction of sp³-hybridized carbons (Fsp3) is 0.500. The minimum Gasteiger partial charge on any atom is -0.444 e. The van der Waals surface area contributed by atoms with Gasteiger partial charge in [0, 0.05) is 16.8 Å². The van der Waals surface area contributed by atoms with Crippen molar-refractivity contribution in [1.29, 1.82) is 0 Å². The lowest BCUT2D eigenvalue weighted by Crippen LogP contribution is -2.44. The van der Waals surface area contributed by atoms with Crippen LogP contribution in [0.4, 0.5) is 9.59 Å². The number of rotatable bonds is 7. The average molecular weight is 404 g/mol. The number of fused-ring (bicyclic) bond motifs is 1. The van der Waals surface area contributed by atoms with Gasteiger partial charge in [0.25, 0.3) is 0 Å². The van der Waals surface area contributed by atoms with E-state index < -0.39 is 23.8 Å². The van der Waals surface area contributed by atoms with E-state index in [1.807, 2.05) is 13.8 Å². The number of para-hydroxylation sites is 1. The Balaban J connectivity index is 2.16. The molecule has 28 heavy (non-hydrogen) atoms. The van der Waals surface area contributed by atoms with Gasteiger partial charge in [-0.2, -0.15) is 9.98 Å². The molecule has 3 amide bonds. The van der Waals surface area contributed by atoms with Gasteiger partial charge in [-0.25, -0.2) is 9.59 Å².